The van der Waals surface area contributed by atoms with Gasteiger partial charge in [0, 0.05) is 20.0 Å². The van der Waals surface area contributed by atoms with Crippen LogP contribution in [0.1, 0.15) is 34.6 Å². The van der Waals surface area contributed by atoms with Crippen molar-refractivity contribution in [3.05, 3.63) is 0 Å². The van der Waals surface area contributed by atoms with Crippen molar-refractivity contribution >= 4 is 12.1 Å². The molecule has 0 saturated carbocycles. The Labute approximate surface area is 108 Å². The second-order valence-corrected chi connectivity index (χ2v) is 5.50. The van der Waals surface area contributed by atoms with Crippen LogP contribution >= 0.6 is 0 Å². The highest BCUT2D eigenvalue weighted by molar-refractivity contribution is 5.68. The molecule has 6 nitrogen and oxygen atoms in total. The number of carbonyl (C=O) groups is 2. The maximum Gasteiger partial charge on any atom is 0.410 e. The molecule has 0 aliphatic carbocycles. The van der Waals surface area contributed by atoms with E-state index in [1.165, 1.54) is 6.92 Å². The highest BCUT2D eigenvalue weighted by atomic mass is 16.7. The lowest BCUT2D eigenvalue weighted by Gasteiger charge is -2.38. The van der Waals surface area contributed by atoms with Gasteiger partial charge in [-0.25, -0.2) is 4.79 Å². The van der Waals surface area contributed by atoms with Gasteiger partial charge in [0.15, 0.2) is 0 Å². The van der Waals surface area contributed by atoms with Crippen LogP contribution < -0.4 is 0 Å². The molecule has 104 valence electrons. The maximum absolute atomic E-state index is 11.9. The van der Waals surface area contributed by atoms with Gasteiger partial charge in [0.1, 0.15) is 5.60 Å². The van der Waals surface area contributed by atoms with E-state index in [1.807, 2.05) is 27.7 Å². The molecule has 1 aliphatic rings. The molecule has 1 amide bonds. The zero-order valence-corrected chi connectivity index (χ0v) is 11.7. The van der Waals surface area contributed by atoms with Gasteiger partial charge in [-0.15, -0.1) is 5.06 Å². The number of ether oxygens (including phenoxy) is 1. The molecule has 18 heavy (non-hydrogen) atoms. The van der Waals surface area contributed by atoms with E-state index in [1.54, 1.807) is 9.96 Å². The molecule has 1 heterocycles. The largest absolute Gasteiger partial charge is 0.444 e. The van der Waals surface area contributed by atoms with Crippen LogP contribution in [0.4, 0.5) is 4.79 Å². The summed E-state index contributed by atoms with van der Waals surface area (Å²) < 4.78 is 5.30. The van der Waals surface area contributed by atoms with Crippen molar-refractivity contribution in [2.24, 2.45) is 0 Å². The number of amides is 1. The highest BCUT2D eigenvalue weighted by Gasteiger charge is 2.31. The number of hydrogen-bond acceptors (Lipinski definition) is 5. The van der Waals surface area contributed by atoms with Gasteiger partial charge in [0.25, 0.3) is 0 Å². The first-order chi connectivity index (χ1) is 8.19. The number of nitrogens with zero attached hydrogens (tertiary/aromatic N) is 2. The Kier molecular flexibility index (Phi) is 4.56. The summed E-state index contributed by atoms with van der Waals surface area (Å²) in [5.74, 6) is -0.340. The topological polar surface area (TPSA) is 59.1 Å². The van der Waals surface area contributed by atoms with Gasteiger partial charge >= 0.3 is 12.1 Å². The average Bonchev–Trinajstić information content (AvgIpc) is 2.17. The summed E-state index contributed by atoms with van der Waals surface area (Å²) in [6.07, 6.45) is -0.322. The number of rotatable bonds is 1. The minimum atomic E-state index is -0.493. The molecule has 0 aromatic heterocycles. The van der Waals surface area contributed by atoms with Crippen molar-refractivity contribution in [2.75, 3.05) is 19.6 Å². The molecule has 0 aromatic carbocycles. The Hall–Kier alpha value is -1.30. The van der Waals surface area contributed by atoms with E-state index in [0.717, 1.165) is 0 Å². The van der Waals surface area contributed by atoms with E-state index in [4.69, 9.17) is 9.57 Å². The first-order valence-electron chi connectivity index (χ1n) is 6.12. The highest BCUT2D eigenvalue weighted by Crippen LogP contribution is 2.15. The normalized spacial score (nSPS) is 21.6. The van der Waals surface area contributed by atoms with Gasteiger partial charge in [0.2, 0.25) is 0 Å². The third-order valence-electron chi connectivity index (χ3n) is 2.46. The van der Waals surface area contributed by atoms with Crippen LogP contribution in [0.5, 0.6) is 0 Å². The van der Waals surface area contributed by atoms with Crippen molar-refractivity contribution in [2.45, 2.75) is 46.3 Å². The number of piperazine rings is 1. The molecule has 0 unspecified atom stereocenters. The molecule has 1 fully saturated rings. The second-order valence-electron chi connectivity index (χ2n) is 5.50. The Morgan fingerprint density at radius 3 is 2.28 bits per heavy atom. The van der Waals surface area contributed by atoms with Gasteiger partial charge < -0.3 is 14.5 Å². The van der Waals surface area contributed by atoms with Crippen molar-refractivity contribution in [1.82, 2.24) is 9.96 Å². The molecule has 0 aromatic rings. The molecule has 1 rings (SSSR count). The zero-order valence-electron chi connectivity index (χ0n) is 11.7. The average molecular weight is 258 g/mol. The quantitative estimate of drug-likeness (QED) is 0.711. The van der Waals surface area contributed by atoms with Crippen LogP contribution in [0.15, 0.2) is 0 Å². The smallest absolute Gasteiger partial charge is 0.410 e. The summed E-state index contributed by atoms with van der Waals surface area (Å²) in [6, 6.07) is -0.0323. The van der Waals surface area contributed by atoms with E-state index in [0.29, 0.717) is 19.6 Å². The molecule has 0 bridgehead atoms. The van der Waals surface area contributed by atoms with E-state index in [2.05, 4.69) is 0 Å². The van der Waals surface area contributed by atoms with Crippen molar-refractivity contribution in [3.8, 4) is 0 Å². The minimum absolute atomic E-state index is 0.0323. The third-order valence-corrected chi connectivity index (χ3v) is 2.46. The number of hydrogen-bond donors (Lipinski definition) is 0. The standard InChI is InChI=1S/C12H22N2O4/c1-9-8-13(11(16)17-12(3,4)5)6-7-14(9)18-10(2)15/h9H,6-8H2,1-5H3/t9-/m0/s1. The summed E-state index contributed by atoms with van der Waals surface area (Å²) in [5.41, 5.74) is -0.493. The number of carbonyl (C=O) groups excluding carboxylic acids is 2. The van der Waals surface area contributed by atoms with Crippen LogP contribution in [0.25, 0.3) is 0 Å². The van der Waals surface area contributed by atoms with Crippen LogP contribution in [-0.4, -0.2) is 53.3 Å². The lowest BCUT2D eigenvalue weighted by Crippen LogP contribution is -2.54. The first kappa shape index (κ1) is 14.8. The molecule has 0 radical (unpaired) electrons. The third kappa shape index (κ3) is 4.52. The van der Waals surface area contributed by atoms with Gasteiger partial charge in [-0.2, -0.15) is 0 Å². The summed E-state index contributed by atoms with van der Waals surface area (Å²) in [7, 11) is 0. The van der Waals surface area contributed by atoms with Crippen LogP contribution in [0, 0.1) is 0 Å². The predicted molar refractivity (Wildman–Crippen MR) is 65.7 cm³/mol. The minimum Gasteiger partial charge on any atom is -0.444 e. The molecular weight excluding hydrogens is 236 g/mol. The molecule has 0 spiro atoms. The van der Waals surface area contributed by atoms with E-state index < -0.39 is 5.60 Å². The predicted octanol–water partition coefficient (Wildman–Crippen LogP) is 1.41. The Balaban J connectivity index is 2.50. The van der Waals surface area contributed by atoms with Crippen LogP contribution in [0.3, 0.4) is 0 Å². The van der Waals surface area contributed by atoms with Gasteiger partial charge in [-0.05, 0) is 27.7 Å². The summed E-state index contributed by atoms with van der Waals surface area (Å²) in [5, 5.41) is 1.60. The Morgan fingerprint density at radius 1 is 1.22 bits per heavy atom. The fourth-order valence-electron chi connectivity index (χ4n) is 1.73. The molecule has 1 saturated heterocycles. The summed E-state index contributed by atoms with van der Waals surface area (Å²) >= 11 is 0. The van der Waals surface area contributed by atoms with Crippen molar-refractivity contribution in [3.63, 3.8) is 0 Å². The monoisotopic (exact) mass is 258 g/mol. The maximum atomic E-state index is 11.9. The lowest BCUT2D eigenvalue weighted by atomic mass is 10.2. The number of hydroxylamine groups is 2. The molecule has 1 aliphatic heterocycles. The van der Waals surface area contributed by atoms with Gasteiger partial charge in [-0.1, -0.05) is 0 Å². The Morgan fingerprint density at radius 2 is 1.83 bits per heavy atom. The van der Waals surface area contributed by atoms with Crippen LogP contribution in [-0.2, 0) is 14.4 Å². The first-order valence-corrected chi connectivity index (χ1v) is 6.12. The van der Waals surface area contributed by atoms with Crippen molar-refractivity contribution in [1.29, 1.82) is 0 Å². The molecule has 1 atom stereocenters. The zero-order chi connectivity index (χ0) is 13.9. The van der Waals surface area contributed by atoms with Crippen LogP contribution in [0.2, 0.25) is 0 Å². The Bertz CT molecular complexity index is 325. The van der Waals surface area contributed by atoms with E-state index in [9.17, 15) is 9.59 Å². The van der Waals surface area contributed by atoms with Crippen molar-refractivity contribution < 1.29 is 19.2 Å². The fourth-order valence-corrected chi connectivity index (χ4v) is 1.73. The van der Waals surface area contributed by atoms with E-state index >= 15 is 0 Å². The van der Waals surface area contributed by atoms with E-state index in [-0.39, 0.29) is 18.1 Å². The summed E-state index contributed by atoms with van der Waals surface area (Å²) in [6.45, 7) is 10.3. The molecule has 0 N–H and O–H groups in total. The van der Waals surface area contributed by atoms with Gasteiger partial charge in [-0.3, -0.25) is 4.79 Å². The SMILES string of the molecule is CC(=O)ON1CCN(C(=O)OC(C)(C)C)C[C@@H]1C. The van der Waals surface area contributed by atoms with Gasteiger partial charge in [0.05, 0.1) is 12.6 Å². The summed E-state index contributed by atoms with van der Waals surface area (Å²) in [4.78, 5) is 29.4. The second kappa shape index (κ2) is 5.56. The lowest BCUT2D eigenvalue weighted by molar-refractivity contribution is -0.206. The molecular formula is C12H22N2O4. The fraction of sp³-hybridized carbons (Fsp3) is 0.833. The molecule has 6 heteroatoms.